The maximum absolute atomic E-state index is 14.1. The van der Waals surface area contributed by atoms with Crippen LogP contribution in [0.1, 0.15) is 26.4 Å². The molecule has 6 nitrogen and oxygen atoms in total. The Morgan fingerprint density at radius 3 is 2.06 bits per heavy atom. The fraction of sp³-hybridized carbons (Fsp3) is 0.0417. The van der Waals surface area contributed by atoms with Gasteiger partial charge in [0.2, 0.25) is 0 Å². The van der Waals surface area contributed by atoms with Crippen LogP contribution in [-0.4, -0.2) is 21.6 Å². The summed E-state index contributed by atoms with van der Waals surface area (Å²) < 4.78 is 55.9. The number of para-hydroxylation sites is 1. The molecule has 0 spiro atoms. The lowest BCUT2D eigenvalue weighted by atomic mass is 10.2. The highest BCUT2D eigenvalue weighted by molar-refractivity contribution is 6.07. The Morgan fingerprint density at radius 2 is 1.41 bits per heavy atom. The van der Waals surface area contributed by atoms with Crippen LogP contribution >= 0.6 is 0 Å². The Hall–Kier alpha value is -4.47. The van der Waals surface area contributed by atoms with E-state index in [0.29, 0.717) is 15.9 Å². The van der Waals surface area contributed by atoms with Gasteiger partial charge in [0.1, 0.15) is 11.5 Å². The van der Waals surface area contributed by atoms with Gasteiger partial charge in [-0.05, 0) is 42.5 Å². The summed E-state index contributed by atoms with van der Waals surface area (Å²) in [4.78, 5) is 25.0. The van der Waals surface area contributed by atoms with Crippen molar-refractivity contribution >= 4 is 23.2 Å². The highest BCUT2D eigenvalue weighted by Crippen LogP contribution is 2.34. The number of carbonyl (C=O) groups excluding carboxylic acids is 2. The summed E-state index contributed by atoms with van der Waals surface area (Å²) in [7, 11) is 0. The van der Waals surface area contributed by atoms with Crippen molar-refractivity contribution in [1.29, 1.82) is 0 Å². The number of anilines is 2. The van der Waals surface area contributed by atoms with Gasteiger partial charge in [0.05, 0.1) is 11.8 Å². The highest BCUT2D eigenvalue weighted by Gasteiger charge is 2.41. The summed E-state index contributed by atoms with van der Waals surface area (Å²) in [6, 6.07) is 19.1. The molecule has 2 amide bonds. The topological polar surface area (TPSA) is 76.0 Å². The number of hydrogen-bond acceptors (Lipinski definition) is 3. The molecule has 0 aliphatic rings. The van der Waals surface area contributed by atoms with Crippen LogP contribution in [0.2, 0.25) is 0 Å². The van der Waals surface area contributed by atoms with Crippen LogP contribution in [0.15, 0.2) is 85.1 Å². The van der Waals surface area contributed by atoms with Gasteiger partial charge < -0.3 is 10.6 Å². The Morgan fingerprint density at radius 1 is 0.794 bits per heavy atom. The summed E-state index contributed by atoms with van der Waals surface area (Å²) in [5.74, 6) is -2.42. The van der Waals surface area contributed by atoms with E-state index in [-0.39, 0.29) is 5.69 Å². The molecule has 4 aromatic rings. The van der Waals surface area contributed by atoms with Crippen molar-refractivity contribution < 1.29 is 27.2 Å². The summed E-state index contributed by atoms with van der Waals surface area (Å²) in [6.07, 6.45) is -4.26. The third-order valence-electron chi connectivity index (χ3n) is 4.78. The molecule has 10 heteroatoms. The lowest BCUT2D eigenvalue weighted by molar-refractivity contribution is -0.143. The van der Waals surface area contributed by atoms with Crippen molar-refractivity contribution in [2.75, 3.05) is 10.6 Å². The van der Waals surface area contributed by atoms with E-state index in [1.807, 2.05) is 0 Å². The average Bonchev–Trinajstić information content (AvgIpc) is 3.26. The number of alkyl halides is 3. The van der Waals surface area contributed by atoms with Crippen molar-refractivity contribution in [1.82, 2.24) is 9.78 Å². The fourth-order valence-corrected chi connectivity index (χ4v) is 3.26. The fourth-order valence-electron chi connectivity index (χ4n) is 3.26. The summed E-state index contributed by atoms with van der Waals surface area (Å²) in [6.45, 7) is 0. The number of aromatic nitrogens is 2. The number of benzene rings is 3. The Kier molecular flexibility index (Phi) is 6.13. The Bertz CT molecular complexity index is 1350. The van der Waals surface area contributed by atoms with Crippen LogP contribution in [0.4, 0.5) is 28.9 Å². The number of rotatable bonds is 5. The summed E-state index contributed by atoms with van der Waals surface area (Å²) >= 11 is 0. The van der Waals surface area contributed by atoms with E-state index >= 15 is 0 Å². The molecule has 172 valence electrons. The van der Waals surface area contributed by atoms with E-state index in [2.05, 4.69) is 15.7 Å². The molecule has 1 aromatic heterocycles. The van der Waals surface area contributed by atoms with Crippen molar-refractivity contribution in [3.63, 3.8) is 0 Å². The predicted octanol–water partition coefficient (Wildman–Crippen LogP) is 5.53. The van der Waals surface area contributed by atoms with Gasteiger partial charge in [-0.25, -0.2) is 9.07 Å². The Balaban J connectivity index is 1.60. The van der Waals surface area contributed by atoms with Crippen LogP contribution < -0.4 is 10.6 Å². The molecule has 0 bridgehead atoms. The number of nitrogens with one attached hydrogen (secondary N) is 2. The number of carbonyl (C=O) groups is 2. The normalized spacial score (nSPS) is 11.2. The number of nitrogens with zero attached hydrogens (tertiary/aromatic N) is 2. The van der Waals surface area contributed by atoms with Gasteiger partial charge >= 0.3 is 6.18 Å². The third-order valence-corrected chi connectivity index (χ3v) is 4.78. The van der Waals surface area contributed by atoms with Crippen LogP contribution in [0.3, 0.4) is 0 Å². The first kappa shape index (κ1) is 22.7. The zero-order valence-corrected chi connectivity index (χ0v) is 17.3. The van der Waals surface area contributed by atoms with E-state index in [0.717, 1.165) is 18.3 Å². The van der Waals surface area contributed by atoms with E-state index < -0.39 is 40.8 Å². The molecule has 0 saturated heterocycles. The lowest BCUT2D eigenvalue weighted by Crippen LogP contribution is -2.21. The molecule has 0 fully saturated rings. The monoisotopic (exact) mass is 468 g/mol. The predicted molar refractivity (Wildman–Crippen MR) is 117 cm³/mol. The van der Waals surface area contributed by atoms with E-state index in [9.17, 15) is 27.2 Å². The molecule has 1 heterocycles. The van der Waals surface area contributed by atoms with Gasteiger partial charge in [-0.2, -0.15) is 18.3 Å². The average molecular weight is 468 g/mol. The second-order valence-electron chi connectivity index (χ2n) is 7.12. The first-order valence-electron chi connectivity index (χ1n) is 9.92. The minimum atomic E-state index is -4.99. The lowest BCUT2D eigenvalue weighted by Gasteiger charge is -2.13. The quantitative estimate of drug-likeness (QED) is 0.378. The molecule has 4 rings (SSSR count). The maximum Gasteiger partial charge on any atom is 0.434 e. The van der Waals surface area contributed by atoms with Gasteiger partial charge in [-0.3, -0.25) is 9.59 Å². The first-order chi connectivity index (χ1) is 16.2. The molecule has 0 saturated carbocycles. The van der Waals surface area contributed by atoms with Crippen LogP contribution in [0.5, 0.6) is 0 Å². The maximum atomic E-state index is 14.1. The molecule has 0 aliphatic heterocycles. The first-order valence-corrected chi connectivity index (χ1v) is 9.92. The smallest absolute Gasteiger partial charge is 0.322 e. The minimum absolute atomic E-state index is 0.141. The zero-order valence-electron chi connectivity index (χ0n) is 17.3. The molecule has 0 radical (unpaired) electrons. The second-order valence-corrected chi connectivity index (χ2v) is 7.12. The largest absolute Gasteiger partial charge is 0.434 e. The van der Waals surface area contributed by atoms with E-state index in [1.165, 1.54) is 30.3 Å². The second kappa shape index (κ2) is 9.18. The molecule has 0 atom stereocenters. The molecular formula is C24H16F4N4O2. The van der Waals surface area contributed by atoms with Crippen LogP contribution in [-0.2, 0) is 6.18 Å². The van der Waals surface area contributed by atoms with Gasteiger partial charge in [-0.1, -0.05) is 36.4 Å². The van der Waals surface area contributed by atoms with E-state index in [4.69, 9.17) is 0 Å². The summed E-state index contributed by atoms with van der Waals surface area (Å²) in [5, 5.41) is 8.62. The van der Waals surface area contributed by atoms with Crippen LogP contribution in [0.25, 0.3) is 5.69 Å². The Labute approximate surface area is 190 Å². The van der Waals surface area contributed by atoms with Crippen molar-refractivity contribution in [2.45, 2.75) is 6.18 Å². The van der Waals surface area contributed by atoms with Crippen molar-refractivity contribution in [2.24, 2.45) is 0 Å². The van der Waals surface area contributed by atoms with Gasteiger partial charge in [0.15, 0.2) is 5.69 Å². The molecule has 2 N–H and O–H groups in total. The molecule has 34 heavy (non-hydrogen) atoms. The molecule has 3 aromatic carbocycles. The van der Waals surface area contributed by atoms with Crippen molar-refractivity contribution in [3.05, 3.63) is 108 Å². The summed E-state index contributed by atoms with van der Waals surface area (Å²) in [5.41, 5.74) is -1.77. The molecule has 0 aliphatic carbocycles. The highest BCUT2D eigenvalue weighted by atomic mass is 19.4. The van der Waals surface area contributed by atoms with Crippen molar-refractivity contribution in [3.8, 4) is 5.69 Å². The van der Waals surface area contributed by atoms with Gasteiger partial charge in [-0.15, -0.1) is 0 Å². The number of hydrogen-bond donors (Lipinski definition) is 2. The van der Waals surface area contributed by atoms with Crippen LogP contribution in [0, 0.1) is 5.82 Å². The SMILES string of the molecule is O=C(Nc1cccc(NC(=O)c2cnn(-c3ccccc3F)c2C(F)(F)F)c1)c1ccccc1. The standard InChI is InChI=1S/C24H16F4N4O2/c25-19-11-4-5-12-20(19)32-21(24(26,27)28)18(14-29-32)23(34)31-17-10-6-9-16(13-17)30-22(33)15-7-2-1-3-8-15/h1-14H,(H,30,33)(H,31,34). The molecular weight excluding hydrogens is 452 g/mol. The minimum Gasteiger partial charge on any atom is -0.322 e. The zero-order chi connectivity index (χ0) is 24.3. The van der Waals surface area contributed by atoms with E-state index in [1.54, 1.807) is 36.4 Å². The van der Waals surface area contributed by atoms with Gasteiger partial charge in [0, 0.05) is 16.9 Å². The number of halogens is 4. The third kappa shape index (κ3) is 4.80. The molecule has 0 unspecified atom stereocenters. The van der Waals surface area contributed by atoms with Gasteiger partial charge in [0.25, 0.3) is 11.8 Å². The number of amides is 2.